The second kappa shape index (κ2) is 5.81. The molecule has 0 aliphatic carbocycles. The second-order valence-electron chi connectivity index (χ2n) is 3.77. The van der Waals surface area contributed by atoms with Gasteiger partial charge in [0.2, 0.25) is 0 Å². The molecule has 6 heteroatoms. The highest BCUT2D eigenvalue weighted by molar-refractivity contribution is 5.89. The zero-order valence-corrected chi connectivity index (χ0v) is 10.3. The van der Waals surface area contributed by atoms with Crippen LogP contribution in [-0.2, 0) is 6.54 Å². The van der Waals surface area contributed by atoms with Crippen LogP contribution in [0.5, 0.6) is 5.75 Å². The van der Waals surface area contributed by atoms with E-state index in [0.29, 0.717) is 18.0 Å². The summed E-state index contributed by atoms with van der Waals surface area (Å²) in [6.45, 7) is 0.438. The molecule has 0 amide bonds. The summed E-state index contributed by atoms with van der Waals surface area (Å²) in [4.78, 5) is 19.0. The highest BCUT2D eigenvalue weighted by Gasteiger charge is 2.08. The number of hydrogen-bond donors (Lipinski definition) is 2. The zero-order chi connectivity index (χ0) is 13.7. The molecular weight excluding hydrogens is 246 g/mol. The van der Waals surface area contributed by atoms with Crippen molar-refractivity contribution in [3.05, 3.63) is 48.0 Å². The molecule has 0 radical (unpaired) electrons. The molecule has 0 atom stereocenters. The minimum absolute atomic E-state index is 0.197. The van der Waals surface area contributed by atoms with Crippen LogP contribution in [0.2, 0.25) is 0 Å². The predicted molar refractivity (Wildman–Crippen MR) is 69.3 cm³/mol. The fraction of sp³-hybridized carbons (Fsp3) is 0.154. The van der Waals surface area contributed by atoms with E-state index in [4.69, 9.17) is 9.84 Å². The van der Waals surface area contributed by atoms with Gasteiger partial charge in [-0.25, -0.2) is 4.79 Å². The summed E-state index contributed by atoms with van der Waals surface area (Å²) in [5, 5.41) is 12.1. The lowest BCUT2D eigenvalue weighted by Crippen LogP contribution is -2.05. The Hall–Kier alpha value is -2.63. The Morgan fingerprint density at radius 3 is 2.89 bits per heavy atom. The second-order valence-corrected chi connectivity index (χ2v) is 3.77. The lowest BCUT2D eigenvalue weighted by atomic mass is 10.2. The Morgan fingerprint density at radius 1 is 1.42 bits per heavy atom. The molecule has 1 aromatic heterocycles. The number of nitrogens with one attached hydrogen (secondary N) is 1. The third kappa shape index (κ3) is 3.19. The summed E-state index contributed by atoms with van der Waals surface area (Å²) in [7, 11) is 1.53. The van der Waals surface area contributed by atoms with Crippen molar-refractivity contribution in [2.45, 2.75) is 6.54 Å². The van der Waals surface area contributed by atoms with Crippen LogP contribution in [0.15, 0.2) is 36.8 Å². The van der Waals surface area contributed by atoms with Gasteiger partial charge in [0.25, 0.3) is 0 Å². The summed E-state index contributed by atoms with van der Waals surface area (Å²) in [6, 6.07) is 4.63. The maximum atomic E-state index is 10.9. The lowest BCUT2D eigenvalue weighted by Gasteiger charge is -2.11. The first-order valence-corrected chi connectivity index (χ1v) is 5.61. The number of ether oxygens (including phenoxy) is 1. The van der Waals surface area contributed by atoms with Gasteiger partial charge in [0.15, 0.2) is 0 Å². The molecule has 0 saturated carbocycles. The number of rotatable bonds is 5. The van der Waals surface area contributed by atoms with E-state index in [0.717, 1.165) is 5.69 Å². The van der Waals surface area contributed by atoms with Crippen molar-refractivity contribution in [2.75, 3.05) is 12.4 Å². The highest BCUT2D eigenvalue weighted by Crippen LogP contribution is 2.25. The van der Waals surface area contributed by atoms with Gasteiger partial charge in [-0.2, -0.15) is 0 Å². The first-order chi connectivity index (χ1) is 9.20. The van der Waals surface area contributed by atoms with Crippen molar-refractivity contribution in [3.8, 4) is 5.75 Å². The van der Waals surface area contributed by atoms with Gasteiger partial charge in [0.1, 0.15) is 5.75 Å². The largest absolute Gasteiger partial charge is 0.495 e. The number of hydrogen-bond acceptors (Lipinski definition) is 5. The molecule has 2 N–H and O–H groups in total. The monoisotopic (exact) mass is 259 g/mol. The Kier molecular flexibility index (Phi) is 3.92. The van der Waals surface area contributed by atoms with Gasteiger partial charge in [-0.05, 0) is 18.2 Å². The highest BCUT2D eigenvalue weighted by atomic mass is 16.5. The molecule has 0 unspecified atom stereocenters. The van der Waals surface area contributed by atoms with Crippen LogP contribution >= 0.6 is 0 Å². The quantitative estimate of drug-likeness (QED) is 0.851. The van der Waals surface area contributed by atoms with Crippen LogP contribution in [0, 0.1) is 0 Å². The van der Waals surface area contributed by atoms with Gasteiger partial charge < -0.3 is 15.2 Å². The third-order valence-electron chi connectivity index (χ3n) is 2.52. The fourth-order valence-electron chi connectivity index (χ4n) is 1.59. The van der Waals surface area contributed by atoms with Crippen molar-refractivity contribution in [3.63, 3.8) is 0 Å². The molecule has 98 valence electrons. The molecule has 1 heterocycles. The van der Waals surface area contributed by atoms with E-state index in [-0.39, 0.29) is 5.56 Å². The van der Waals surface area contributed by atoms with E-state index in [1.807, 2.05) is 0 Å². The topological polar surface area (TPSA) is 84.3 Å². The number of carboxylic acid groups (broad SMARTS) is 1. The van der Waals surface area contributed by atoms with Crippen molar-refractivity contribution < 1.29 is 14.6 Å². The number of anilines is 1. The first kappa shape index (κ1) is 12.8. The minimum Gasteiger partial charge on any atom is -0.495 e. The SMILES string of the molecule is COc1ccc(C(=O)O)cc1NCc1cnccn1. The number of benzene rings is 1. The number of methoxy groups -OCH3 is 1. The molecule has 0 bridgehead atoms. The number of nitrogens with zero attached hydrogens (tertiary/aromatic N) is 2. The smallest absolute Gasteiger partial charge is 0.335 e. The molecule has 0 fully saturated rings. The summed E-state index contributed by atoms with van der Waals surface area (Å²) >= 11 is 0. The summed E-state index contributed by atoms with van der Waals surface area (Å²) < 4.78 is 5.18. The van der Waals surface area contributed by atoms with E-state index >= 15 is 0 Å². The Labute approximate surface area is 110 Å². The number of aromatic nitrogens is 2. The van der Waals surface area contributed by atoms with Crippen LogP contribution < -0.4 is 10.1 Å². The van der Waals surface area contributed by atoms with Crippen molar-refractivity contribution in [1.82, 2.24) is 9.97 Å². The van der Waals surface area contributed by atoms with Crippen molar-refractivity contribution in [2.24, 2.45) is 0 Å². The van der Waals surface area contributed by atoms with Crippen LogP contribution in [-0.4, -0.2) is 28.2 Å². The van der Waals surface area contributed by atoms with Crippen molar-refractivity contribution in [1.29, 1.82) is 0 Å². The molecule has 2 rings (SSSR count). The standard InChI is InChI=1S/C13H13N3O3/c1-19-12-3-2-9(13(17)18)6-11(12)16-8-10-7-14-4-5-15-10/h2-7,16H,8H2,1H3,(H,17,18). The van der Waals surface area contributed by atoms with Crippen molar-refractivity contribution >= 4 is 11.7 Å². The van der Waals surface area contributed by atoms with Gasteiger partial charge in [0, 0.05) is 12.4 Å². The van der Waals surface area contributed by atoms with Crippen LogP contribution in [0.1, 0.15) is 16.1 Å². The van der Waals surface area contributed by atoms with Gasteiger partial charge in [-0.1, -0.05) is 0 Å². The first-order valence-electron chi connectivity index (χ1n) is 5.61. The maximum Gasteiger partial charge on any atom is 0.335 e. The zero-order valence-electron chi connectivity index (χ0n) is 10.3. The molecule has 0 spiro atoms. The van der Waals surface area contributed by atoms with E-state index in [9.17, 15) is 4.79 Å². The molecule has 0 saturated heterocycles. The van der Waals surface area contributed by atoms with Crippen LogP contribution in [0.3, 0.4) is 0 Å². The number of aromatic carboxylic acids is 1. The molecule has 0 aliphatic rings. The molecular formula is C13H13N3O3. The Bertz CT molecular complexity index is 573. The van der Waals surface area contributed by atoms with E-state index in [2.05, 4.69) is 15.3 Å². The molecule has 1 aromatic carbocycles. The molecule has 2 aromatic rings. The molecule has 0 aliphatic heterocycles. The average molecular weight is 259 g/mol. The van der Waals surface area contributed by atoms with E-state index < -0.39 is 5.97 Å². The summed E-state index contributed by atoms with van der Waals surface area (Å²) in [5.74, 6) is -0.404. The van der Waals surface area contributed by atoms with Gasteiger partial charge in [0.05, 0.1) is 36.8 Å². The molecule has 6 nitrogen and oxygen atoms in total. The lowest BCUT2D eigenvalue weighted by molar-refractivity contribution is 0.0697. The minimum atomic E-state index is -0.981. The van der Waals surface area contributed by atoms with Gasteiger partial charge in [-0.3, -0.25) is 9.97 Å². The predicted octanol–water partition coefficient (Wildman–Crippen LogP) is 1.80. The fourth-order valence-corrected chi connectivity index (χ4v) is 1.59. The average Bonchev–Trinajstić information content (AvgIpc) is 2.45. The van der Waals surface area contributed by atoms with E-state index in [1.54, 1.807) is 24.7 Å². The summed E-state index contributed by atoms with van der Waals surface area (Å²) in [5.41, 5.74) is 1.56. The number of carboxylic acids is 1. The van der Waals surface area contributed by atoms with Crippen LogP contribution in [0.25, 0.3) is 0 Å². The Balaban J connectivity index is 2.18. The third-order valence-corrected chi connectivity index (χ3v) is 2.52. The number of carbonyl (C=O) groups is 1. The summed E-state index contributed by atoms with van der Waals surface area (Å²) in [6.07, 6.45) is 4.83. The Morgan fingerprint density at radius 2 is 2.26 bits per heavy atom. The molecule has 19 heavy (non-hydrogen) atoms. The van der Waals surface area contributed by atoms with Gasteiger partial charge >= 0.3 is 5.97 Å². The van der Waals surface area contributed by atoms with Gasteiger partial charge in [-0.15, -0.1) is 0 Å². The van der Waals surface area contributed by atoms with E-state index in [1.165, 1.54) is 19.2 Å². The van der Waals surface area contributed by atoms with Crippen LogP contribution in [0.4, 0.5) is 5.69 Å². The maximum absolute atomic E-state index is 10.9. The normalized spacial score (nSPS) is 9.95.